The van der Waals surface area contributed by atoms with Gasteiger partial charge >= 0.3 is 5.97 Å². The maximum atomic E-state index is 12.5. The number of amides is 1. The van der Waals surface area contributed by atoms with Crippen LogP contribution in [0.25, 0.3) is 6.08 Å². The fourth-order valence-electron chi connectivity index (χ4n) is 3.33. The number of para-hydroxylation sites is 2. The van der Waals surface area contributed by atoms with E-state index in [1.807, 2.05) is 25.1 Å². The molecule has 1 heterocycles. The van der Waals surface area contributed by atoms with Gasteiger partial charge in [0.25, 0.3) is 5.91 Å². The van der Waals surface area contributed by atoms with Crippen molar-refractivity contribution in [1.29, 1.82) is 0 Å². The molecule has 1 aliphatic heterocycles. The van der Waals surface area contributed by atoms with E-state index in [2.05, 4.69) is 21.2 Å². The summed E-state index contributed by atoms with van der Waals surface area (Å²) in [6.07, 6.45) is 1.64. The highest BCUT2D eigenvalue weighted by Gasteiger charge is 2.22. The van der Waals surface area contributed by atoms with E-state index in [0.29, 0.717) is 45.1 Å². The molecule has 34 heavy (non-hydrogen) atoms. The molecule has 3 aromatic carbocycles. The fraction of sp³-hybridized carbons (Fsp3) is 0.154. The molecule has 0 spiro atoms. The highest BCUT2D eigenvalue weighted by molar-refractivity contribution is 9.10. The van der Waals surface area contributed by atoms with E-state index in [-0.39, 0.29) is 18.3 Å². The average molecular weight is 524 g/mol. The molecular formula is C26H22BrNO6. The van der Waals surface area contributed by atoms with E-state index in [0.717, 1.165) is 5.56 Å². The Balaban J connectivity index is 1.59. The lowest BCUT2D eigenvalue weighted by molar-refractivity contribution is -0.115. The Bertz CT molecular complexity index is 1250. The van der Waals surface area contributed by atoms with Gasteiger partial charge in [-0.1, -0.05) is 24.3 Å². The molecule has 0 radical (unpaired) electrons. The molecule has 0 atom stereocenters. The van der Waals surface area contributed by atoms with Gasteiger partial charge < -0.3 is 24.3 Å². The van der Waals surface area contributed by atoms with Gasteiger partial charge in [-0.25, -0.2) is 4.79 Å². The third-order valence-corrected chi connectivity index (χ3v) is 5.56. The highest BCUT2D eigenvalue weighted by Crippen LogP contribution is 2.38. The van der Waals surface area contributed by atoms with Crippen molar-refractivity contribution in [2.24, 2.45) is 0 Å². The summed E-state index contributed by atoms with van der Waals surface area (Å²) in [6.45, 7) is 2.58. The van der Waals surface area contributed by atoms with Gasteiger partial charge in [-0.05, 0) is 76.5 Å². The number of rotatable bonds is 7. The van der Waals surface area contributed by atoms with Gasteiger partial charge in [-0.15, -0.1) is 0 Å². The van der Waals surface area contributed by atoms with Gasteiger partial charge in [0.15, 0.2) is 23.0 Å². The monoisotopic (exact) mass is 523 g/mol. The van der Waals surface area contributed by atoms with E-state index in [9.17, 15) is 9.59 Å². The van der Waals surface area contributed by atoms with E-state index in [1.165, 1.54) is 7.11 Å². The second-order valence-electron chi connectivity index (χ2n) is 7.30. The Labute approximate surface area is 205 Å². The number of carbonyl (C=O) groups is 2. The molecule has 1 N–H and O–H groups in total. The van der Waals surface area contributed by atoms with Crippen molar-refractivity contribution >= 4 is 39.6 Å². The normalized spacial score (nSPS) is 13.5. The van der Waals surface area contributed by atoms with Crippen molar-refractivity contribution in [3.63, 3.8) is 0 Å². The van der Waals surface area contributed by atoms with Gasteiger partial charge in [0.05, 0.1) is 29.4 Å². The van der Waals surface area contributed by atoms with Crippen LogP contribution in [0.4, 0.5) is 5.69 Å². The van der Waals surface area contributed by atoms with Crippen molar-refractivity contribution in [1.82, 2.24) is 0 Å². The summed E-state index contributed by atoms with van der Waals surface area (Å²) in [5.74, 6) is 1.06. The second kappa shape index (κ2) is 10.4. The first-order chi connectivity index (χ1) is 16.5. The van der Waals surface area contributed by atoms with Crippen LogP contribution in [0.5, 0.6) is 17.2 Å². The summed E-state index contributed by atoms with van der Waals surface area (Å²) >= 11 is 3.54. The number of halogens is 1. The minimum Gasteiger partial charge on any atom is -0.489 e. The summed E-state index contributed by atoms with van der Waals surface area (Å²) in [4.78, 5) is 24.1. The molecule has 7 nitrogen and oxygen atoms in total. The number of carbonyl (C=O) groups excluding carboxylic acids is 2. The first-order valence-corrected chi connectivity index (χ1v) is 11.3. The van der Waals surface area contributed by atoms with Crippen molar-refractivity contribution in [2.75, 3.05) is 19.0 Å². The Morgan fingerprint density at radius 2 is 1.85 bits per heavy atom. The van der Waals surface area contributed by atoms with E-state index < -0.39 is 5.97 Å². The Kier molecular flexibility index (Phi) is 7.18. The summed E-state index contributed by atoms with van der Waals surface area (Å²) in [6, 6.07) is 17.8. The number of hydrogen-bond donors (Lipinski definition) is 1. The van der Waals surface area contributed by atoms with E-state index in [4.69, 9.17) is 18.9 Å². The number of nitrogens with one attached hydrogen (secondary N) is 1. The third kappa shape index (κ3) is 5.23. The number of benzene rings is 3. The number of ether oxygens (including phenoxy) is 4. The van der Waals surface area contributed by atoms with Crippen LogP contribution in [0.2, 0.25) is 0 Å². The maximum Gasteiger partial charge on any atom is 0.337 e. The quantitative estimate of drug-likeness (QED) is 0.321. The fourth-order valence-corrected chi connectivity index (χ4v) is 3.91. The summed E-state index contributed by atoms with van der Waals surface area (Å²) in [5, 5.41) is 2.82. The number of anilines is 1. The number of fused-ring (bicyclic) bond motifs is 1. The van der Waals surface area contributed by atoms with Crippen LogP contribution in [0.1, 0.15) is 28.4 Å². The molecule has 0 saturated carbocycles. The van der Waals surface area contributed by atoms with E-state index in [1.54, 1.807) is 48.5 Å². The Hall–Kier alpha value is -3.78. The molecular weight excluding hydrogens is 502 g/mol. The SMILES string of the molecule is CCOc1c(Br)cc(/C=C2/Oc3ccccc3NC2=O)cc1OCc1ccc(C(=O)OC)cc1. The maximum absolute atomic E-state index is 12.5. The van der Waals surface area contributed by atoms with E-state index >= 15 is 0 Å². The van der Waals surface area contributed by atoms with Crippen molar-refractivity contribution in [2.45, 2.75) is 13.5 Å². The van der Waals surface area contributed by atoms with Gasteiger partial charge in [-0.3, -0.25) is 4.79 Å². The summed E-state index contributed by atoms with van der Waals surface area (Å²) in [5.41, 5.74) is 2.64. The average Bonchev–Trinajstić information content (AvgIpc) is 2.85. The molecule has 8 heteroatoms. The lowest BCUT2D eigenvalue weighted by Crippen LogP contribution is -2.23. The predicted molar refractivity (Wildman–Crippen MR) is 131 cm³/mol. The molecule has 1 aliphatic rings. The molecule has 1 amide bonds. The van der Waals surface area contributed by atoms with Crippen molar-refractivity contribution in [3.05, 3.63) is 87.6 Å². The largest absolute Gasteiger partial charge is 0.489 e. The zero-order valence-corrected chi connectivity index (χ0v) is 20.2. The highest BCUT2D eigenvalue weighted by atomic mass is 79.9. The van der Waals surface area contributed by atoms with Crippen LogP contribution >= 0.6 is 15.9 Å². The molecule has 0 saturated heterocycles. The van der Waals surface area contributed by atoms with Crippen molar-refractivity contribution in [3.8, 4) is 17.2 Å². The van der Waals surface area contributed by atoms with Crippen molar-refractivity contribution < 1.29 is 28.5 Å². The molecule has 0 aliphatic carbocycles. The Morgan fingerprint density at radius 3 is 2.59 bits per heavy atom. The van der Waals surface area contributed by atoms with Gasteiger partial charge in [0, 0.05) is 0 Å². The van der Waals surface area contributed by atoms with Crippen LogP contribution in [0.15, 0.2) is 70.9 Å². The summed E-state index contributed by atoms with van der Waals surface area (Å²) in [7, 11) is 1.34. The molecule has 0 fully saturated rings. The molecule has 174 valence electrons. The minimum absolute atomic E-state index is 0.166. The predicted octanol–water partition coefficient (Wildman–Crippen LogP) is 5.59. The van der Waals surface area contributed by atoms with Crippen LogP contribution in [0.3, 0.4) is 0 Å². The van der Waals surface area contributed by atoms with Crippen LogP contribution in [-0.4, -0.2) is 25.6 Å². The zero-order chi connectivity index (χ0) is 24.1. The Morgan fingerprint density at radius 1 is 1.09 bits per heavy atom. The van der Waals surface area contributed by atoms with Gasteiger partial charge in [-0.2, -0.15) is 0 Å². The number of hydrogen-bond acceptors (Lipinski definition) is 6. The van der Waals surface area contributed by atoms with Crippen LogP contribution < -0.4 is 19.5 Å². The topological polar surface area (TPSA) is 83.1 Å². The first kappa shape index (κ1) is 23.4. The lowest BCUT2D eigenvalue weighted by atomic mass is 10.1. The molecule has 0 unspecified atom stereocenters. The second-order valence-corrected chi connectivity index (χ2v) is 8.16. The zero-order valence-electron chi connectivity index (χ0n) is 18.6. The molecule has 0 aromatic heterocycles. The first-order valence-electron chi connectivity index (χ1n) is 10.5. The summed E-state index contributed by atoms with van der Waals surface area (Å²) < 4.78 is 23.0. The molecule has 0 bridgehead atoms. The molecule has 3 aromatic rings. The number of esters is 1. The standard InChI is InChI=1S/C26H22BrNO6/c1-3-32-24-19(27)12-17(14-23-25(29)28-20-6-4-5-7-21(20)34-23)13-22(24)33-15-16-8-10-18(11-9-16)26(30)31-2/h4-14H,3,15H2,1-2H3,(H,28,29)/b23-14+. The number of methoxy groups -OCH3 is 1. The smallest absolute Gasteiger partial charge is 0.337 e. The minimum atomic E-state index is -0.396. The third-order valence-electron chi connectivity index (χ3n) is 4.97. The van der Waals surface area contributed by atoms with Crippen LogP contribution in [-0.2, 0) is 16.1 Å². The van der Waals surface area contributed by atoms with Crippen LogP contribution in [0, 0.1) is 0 Å². The molecule has 4 rings (SSSR count). The van der Waals surface area contributed by atoms with Gasteiger partial charge in [0.1, 0.15) is 6.61 Å². The lowest BCUT2D eigenvalue weighted by Gasteiger charge is -2.20. The van der Waals surface area contributed by atoms with Gasteiger partial charge in [0.2, 0.25) is 0 Å².